The highest BCUT2D eigenvalue weighted by molar-refractivity contribution is 7.13. The van der Waals surface area contributed by atoms with E-state index in [2.05, 4.69) is 15.5 Å². The highest BCUT2D eigenvalue weighted by Crippen LogP contribution is 2.27. The number of amides is 1. The first kappa shape index (κ1) is 14.2. The number of halogens is 3. The van der Waals surface area contributed by atoms with Crippen LogP contribution in [0.2, 0.25) is 0 Å². The Labute approximate surface area is 113 Å². The molecule has 0 aliphatic carbocycles. The third kappa shape index (κ3) is 3.41. The molecule has 0 atom stereocenters. The molecule has 0 fully saturated rings. The Balaban J connectivity index is 2.16. The number of carbonyl (C=O) groups excluding carboxylic acids is 1. The lowest BCUT2D eigenvalue weighted by Crippen LogP contribution is -2.28. The molecule has 0 aromatic carbocycles. The van der Waals surface area contributed by atoms with Crippen LogP contribution in [0.25, 0.3) is 0 Å². The number of pyridine rings is 1. The van der Waals surface area contributed by atoms with Gasteiger partial charge >= 0.3 is 6.18 Å². The molecule has 0 aliphatic heterocycles. The van der Waals surface area contributed by atoms with Gasteiger partial charge in [0, 0.05) is 12.3 Å². The first-order chi connectivity index (χ1) is 9.36. The van der Waals surface area contributed by atoms with E-state index in [-0.39, 0.29) is 5.13 Å². The van der Waals surface area contributed by atoms with Gasteiger partial charge in [0.05, 0.1) is 5.56 Å². The van der Waals surface area contributed by atoms with Gasteiger partial charge in [-0.05, 0) is 6.07 Å². The van der Waals surface area contributed by atoms with E-state index in [4.69, 9.17) is 0 Å². The van der Waals surface area contributed by atoms with E-state index < -0.39 is 29.8 Å². The van der Waals surface area contributed by atoms with Gasteiger partial charge in [0.25, 0.3) is 5.56 Å². The number of alkyl halides is 3. The highest BCUT2D eigenvalue weighted by Gasteiger charge is 2.31. The van der Waals surface area contributed by atoms with Crippen molar-refractivity contribution < 1.29 is 18.0 Å². The minimum absolute atomic E-state index is 0.204. The monoisotopic (exact) mass is 304 g/mol. The van der Waals surface area contributed by atoms with Crippen molar-refractivity contribution in [3.8, 4) is 0 Å². The lowest BCUT2D eigenvalue weighted by atomic mass is 10.3. The Morgan fingerprint density at radius 1 is 1.40 bits per heavy atom. The average molecular weight is 304 g/mol. The minimum atomic E-state index is -4.58. The van der Waals surface area contributed by atoms with Crippen molar-refractivity contribution in [3.05, 3.63) is 39.8 Å². The molecule has 0 bridgehead atoms. The van der Waals surface area contributed by atoms with E-state index >= 15 is 0 Å². The number of carbonyl (C=O) groups is 1. The zero-order valence-electron chi connectivity index (χ0n) is 9.72. The third-order valence-corrected chi connectivity index (χ3v) is 2.84. The maximum Gasteiger partial charge on any atom is 0.417 e. The first-order valence-electron chi connectivity index (χ1n) is 5.20. The molecule has 0 unspecified atom stereocenters. The van der Waals surface area contributed by atoms with Crippen molar-refractivity contribution in [2.75, 3.05) is 5.32 Å². The van der Waals surface area contributed by atoms with Crippen LogP contribution in [-0.4, -0.2) is 20.7 Å². The number of rotatable bonds is 3. The summed E-state index contributed by atoms with van der Waals surface area (Å²) in [4.78, 5) is 23.0. The van der Waals surface area contributed by atoms with Crippen LogP contribution in [-0.2, 0) is 17.5 Å². The molecule has 2 aromatic rings. The molecular weight excluding hydrogens is 297 g/mol. The van der Waals surface area contributed by atoms with Gasteiger partial charge in [-0.2, -0.15) is 13.2 Å². The van der Waals surface area contributed by atoms with E-state index in [1.165, 1.54) is 5.51 Å². The van der Waals surface area contributed by atoms with E-state index in [9.17, 15) is 22.8 Å². The van der Waals surface area contributed by atoms with E-state index in [1.54, 1.807) is 0 Å². The van der Waals surface area contributed by atoms with E-state index in [0.717, 1.165) is 17.4 Å². The van der Waals surface area contributed by atoms with Crippen molar-refractivity contribution in [1.29, 1.82) is 0 Å². The van der Waals surface area contributed by atoms with Crippen LogP contribution in [0.5, 0.6) is 0 Å². The van der Waals surface area contributed by atoms with Crippen LogP contribution < -0.4 is 10.9 Å². The van der Waals surface area contributed by atoms with Crippen molar-refractivity contribution in [3.63, 3.8) is 0 Å². The van der Waals surface area contributed by atoms with Gasteiger partial charge in [-0.3, -0.25) is 14.9 Å². The topological polar surface area (TPSA) is 76.9 Å². The largest absolute Gasteiger partial charge is 0.417 e. The number of hydrogen-bond acceptors (Lipinski definition) is 5. The summed E-state index contributed by atoms with van der Waals surface area (Å²) in [6.45, 7) is -0.539. The zero-order valence-corrected chi connectivity index (χ0v) is 10.5. The molecule has 0 radical (unpaired) electrons. The summed E-state index contributed by atoms with van der Waals surface area (Å²) in [6.07, 6.45) is -3.98. The number of hydrogen-bond donors (Lipinski definition) is 1. The Hall–Kier alpha value is -2.23. The third-order valence-electron chi connectivity index (χ3n) is 2.23. The Morgan fingerprint density at radius 3 is 2.75 bits per heavy atom. The lowest BCUT2D eigenvalue weighted by Gasteiger charge is -2.10. The smallest absolute Gasteiger partial charge is 0.305 e. The quantitative estimate of drug-likeness (QED) is 0.929. The maximum atomic E-state index is 12.5. The summed E-state index contributed by atoms with van der Waals surface area (Å²) in [5.74, 6) is -0.664. The van der Waals surface area contributed by atoms with Crippen LogP contribution in [0.4, 0.5) is 18.3 Å². The van der Waals surface area contributed by atoms with Crippen molar-refractivity contribution in [2.45, 2.75) is 12.7 Å². The molecule has 10 heteroatoms. The Morgan fingerprint density at radius 2 is 2.15 bits per heavy atom. The molecular formula is C10H7F3N4O2S. The molecule has 1 N–H and O–H groups in total. The molecule has 106 valence electrons. The minimum Gasteiger partial charge on any atom is -0.305 e. The fraction of sp³-hybridized carbons (Fsp3) is 0.200. The Kier molecular flexibility index (Phi) is 3.84. The molecule has 0 spiro atoms. The van der Waals surface area contributed by atoms with Crippen molar-refractivity contribution in [2.24, 2.45) is 0 Å². The van der Waals surface area contributed by atoms with Gasteiger partial charge in [0.2, 0.25) is 11.0 Å². The van der Waals surface area contributed by atoms with Crippen LogP contribution in [0.1, 0.15) is 5.56 Å². The van der Waals surface area contributed by atoms with Gasteiger partial charge < -0.3 is 4.57 Å². The second kappa shape index (κ2) is 5.41. The molecule has 20 heavy (non-hydrogen) atoms. The van der Waals surface area contributed by atoms with E-state index in [1.807, 2.05) is 0 Å². The maximum absolute atomic E-state index is 12.5. The number of nitrogens with one attached hydrogen (secondary N) is 1. The number of nitrogens with zero attached hydrogens (tertiary/aromatic N) is 3. The summed E-state index contributed by atoms with van der Waals surface area (Å²) in [5, 5.41) is 9.55. The molecule has 2 heterocycles. The van der Waals surface area contributed by atoms with Crippen molar-refractivity contribution in [1.82, 2.24) is 14.8 Å². The van der Waals surface area contributed by atoms with Crippen LogP contribution >= 0.6 is 11.3 Å². The number of anilines is 1. The summed E-state index contributed by atoms with van der Waals surface area (Å²) in [6, 6.07) is 1.43. The van der Waals surface area contributed by atoms with Gasteiger partial charge in [-0.1, -0.05) is 11.3 Å². The Bertz CT molecular complexity index is 666. The highest BCUT2D eigenvalue weighted by atomic mass is 32.1. The molecule has 0 aliphatic rings. The summed E-state index contributed by atoms with van der Waals surface area (Å²) >= 11 is 1.05. The van der Waals surface area contributed by atoms with Crippen LogP contribution in [0.15, 0.2) is 28.6 Å². The summed E-state index contributed by atoms with van der Waals surface area (Å²) in [5.41, 5.74) is -0.322. The second-order valence-electron chi connectivity index (χ2n) is 3.67. The van der Waals surface area contributed by atoms with Crippen molar-refractivity contribution >= 4 is 22.4 Å². The molecule has 0 saturated carbocycles. The predicted molar refractivity (Wildman–Crippen MR) is 64.2 cm³/mol. The molecule has 1 amide bonds. The summed E-state index contributed by atoms with van der Waals surface area (Å²) < 4.78 is 38.2. The fourth-order valence-electron chi connectivity index (χ4n) is 1.36. The molecule has 2 aromatic heterocycles. The van der Waals surface area contributed by atoms with E-state index in [0.29, 0.717) is 16.8 Å². The molecule has 0 saturated heterocycles. The lowest BCUT2D eigenvalue weighted by molar-refractivity contribution is -0.138. The molecule has 6 nitrogen and oxygen atoms in total. The second-order valence-corrected chi connectivity index (χ2v) is 4.51. The number of aromatic nitrogens is 3. The van der Waals surface area contributed by atoms with Gasteiger partial charge in [0.15, 0.2) is 0 Å². The van der Waals surface area contributed by atoms with Gasteiger partial charge in [0.1, 0.15) is 12.1 Å². The summed E-state index contributed by atoms with van der Waals surface area (Å²) in [7, 11) is 0. The SMILES string of the molecule is O=C(Cn1cc(C(F)(F)F)ccc1=O)Nc1nncs1. The normalized spacial score (nSPS) is 11.3. The van der Waals surface area contributed by atoms with Gasteiger partial charge in [-0.15, -0.1) is 10.2 Å². The van der Waals surface area contributed by atoms with Gasteiger partial charge in [-0.25, -0.2) is 0 Å². The molecule has 2 rings (SSSR count). The predicted octanol–water partition coefficient (Wildman–Crippen LogP) is 1.36. The van der Waals surface area contributed by atoms with Crippen LogP contribution in [0.3, 0.4) is 0 Å². The average Bonchev–Trinajstić information content (AvgIpc) is 2.83. The standard InChI is InChI=1S/C10H7F3N4O2S/c11-10(12,13)6-1-2-8(19)17(3-6)4-7(18)15-9-16-14-5-20-9/h1-3,5H,4H2,(H,15,16,18). The first-order valence-corrected chi connectivity index (χ1v) is 6.08. The van der Waals surface area contributed by atoms with Crippen LogP contribution in [0, 0.1) is 0 Å². The zero-order chi connectivity index (χ0) is 14.8. The fourth-order valence-corrected chi connectivity index (χ4v) is 1.82.